The molecule has 5 heteroatoms. The van der Waals surface area contributed by atoms with Crippen molar-refractivity contribution in [2.24, 2.45) is 11.8 Å². The molecule has 0 N–H and O–H groups in total. The van der Waals surface area contributed by atoms with Gasteiger partial charge in [-0.15, -0.1) is 0 Å². The number of allylic oxidation sites excluding steroid dienone is 2. The summed E-state index contributed by atoms with van der Waals surface area (Å²) in [4.78, 5) is 28.9. The van der Waals surface area contributed by atoms with Crippen molar-refractivity contribution in [3.8, 4) is 6.07 Å². The smallest absolute Gasteiger partial charge is 0.240 e. The molecule has 1 aromatic carbocycles. The summed E-state index contributed by atoms with van der Waals surface area (Å²) in [5, 5.41) is 9.52. The van der Waals surface area contributed by atoms with Crippen molar-refractivity contribution in [3.05, 3.63) is 54.3 Å². The fourth-order valence-electron chi connectivity index (χ4n) is 3.79. The molecule has 0 radical (unpaired) electrons. The number of amides is 2. The van der Waals surface area contributed by atoms with Gasteiger partial charge in [-0.05, 0) is 25.1 Å². The molecule has 114 valence electrons. The van der Waals surface area contributed by atoms with Crippen LogP contribution in [0, 0.1) is 30.1 Å². The van der Waals surface area contributed by atoms with Crippen LogP contribution in [0.15, 0.2) is 48.7 Å². The molecule has 3 aliphatic heterocycles. The Morgan fingerprint density at radius 2 is 1.74 bits per heavy atom. The van der Waals surface area contributed by atoms with Gasteiger partial charge in [-0.1, -0.05) is 29.8 Å². The Morgan fingerprint density at radius 1 is 1.04 bits per heavy atom. The number of hydrogen-bond acceptors (Lipinski definition) is 4. The molecule has 0 aromatic heterocycles. The van der Waals surface area contributed by atoms with E-state index in [2.05, 4.69) is 6.07 Å². The Balaban J connectivity index is 1.77. The number of imide groups is 1. The van der Waals surface area contributed by atoms with Crippen molar-refractivity contribution in [2.75, 3.05) is 4.90 Å². The quantitative estimate of drug-likeness (QED) is 0.742. The zero-order valence-corrected chi connectivity index (χ0v) is 12.6. The molecule has 23 heavy (non-hydrogen) atoms. The Morgan fingerprint density at radius 3 is 2.43 bits per heavy atom. The lowest BCUT2D eigenvalue weighted by molar-refractivity contribution is -0.123. The van der Waals surface area contributed by atoms with Gasteiger partial charge in [0.15, 0.2) is 0 Å². The second-order valence-corrected chi connectivity index (χ2v) is 6.14. The van der Waals surface area contributed by atoms with Crippen LogP contribution in [0.25, 0.3) is 0 Å². The van der Waals surface area contributed by atoms with Gasteiger partial charge in [0.1, 0.15) is 6.04 Å². The van der Waals surface area contributed by atoms with Crippen LogP contribution in [0.5, 0.6) is 0 Å². The Hall–Kier alpha value is -2.87. The molecule has 2 fully saturated rings. The first-order valence-corrected chi connectivity index (χ1v) is 7.60. The topological polar surface area (TPSA) is 64.4 Å². The summed E-state index contributed by atoms with van der Waals surface area (Å²) in [7, 11) is 0. The van der Waals surface area contributed by atoms with Gasteiger partial charge in [-0.2, -0.15) is 5.26 Å². The molecule has 4 rings (SSSR count). The normalized spacial score (nSPS) is 31.3. The average molecular weight is 305 g/mol. The van der Waals surface area contributed by atoms with Crippen molar-refractivity contribution in [3.63, 3.8) is 0 Å². The van der Waals surface area contributed by atoms with E-state index in [4.69, 9.17) is 0 Å². The molecule has 3 heterocycles. The van der Waals surface area contributed by atoms with Crippen molar-refractivity contribution in [1.29, 1.82) is 5.26 Å². The summed E-state index contributed by atoms with van der Waals surface area (Å²) < 4.78 is 0. The maximum absolute atomic E-state index is 12.9. The zero-order chi connectivity index (χ0) is 16.1. The highest BCUT2D eigenvalue weighted by molar-refractivity contribution is 6.23. The summed E-state index contributed by atoms with van der Waals surface area (Å²) in [5.74, 6) is -1.58. The monoisotopic (exact) mass is 305 g/mol. The highest BCUT2D eigenvalue weighted by Gasteiger charge is 2.61. The molecule has 1 aromatic rings. The van der Waals surface area contributed by atoms with E-state index >= 15 is 0 Å². The number of fused-ring (bicyclic) bond motifs is 3. The van der Waals surface area contributed by atoms with Crippen LogP contribution in [0.3, 0.4) is 0 Å². The number of nitrogens with zero attached hydrogens (tertiary/aromatic N) is 3. The lowest BCUT2D eigenvalue weighted by Crippen LogP contribution is -2.42. The molecule has 0 saturated carbocycles. The van der Waals surface area contributed by atoms with E-state index in [0.717, 1.165) is 5.56 Å². The first-order chi connectivity index (χ1) is 11.1. The van der Waals surface area contributed by atoms with Crippen LogP contribution in [-0.2, 0) is 9.59 Å². The third kappa shape index (κ3) is 1.78. The molecule has 3 aliphatic rings. The standard InChI is InChI=1S/C18H15N3O2/c1-11-5-7-12(8-6-11)21-17(22)15-13-4-2-3-9-20(13)14(10-19)16(15)18(21)23/h2-9,13-16H,1H3/t13?,14-,15+,16-/m0/s1. The van der Waals surface area contributed by atoms with E-state index in [9.17, 15) is 14.9 Å². The summed E-state index contributed by atoms with van der Waals surface area (Å²) in [6.45, 7) is 1.95. The minimum atomic E-state index is -0.605. The van der Waals surface area contributed by atoms with Crippen LogP contribution in [0.1, 0.15) is 5.56 Å². The SMILES string of the molecule is Cc1ccc(N2C(=O)[C@@H]3[C@H](C2=O)C2C=CC=CN2[C@H]3C#N)cc1. The zero-order valence-electron chi connectivity index (χ0n) is 12.6. The minimum Gasteiger partial charge on any atom is -0.354 e. The van der Waals surface area contributed by atoms with E-state index in [1.54, 1.807) is 18.3 Å². The Kier molecular flexibility index (Phi) is 2.88. The summed E-state index contributed by atoms with van der Waals surface area (Å²) in [6, 6.07) is 8.70. The number of anilines is 1. The maximum Gasteiger partial charge on any atom is 0.240 e. The first-order valence-electron chi connectivity index (χ1n) is 7.60. The third-order valence-corrected chi connectivity index (χ3v) is 4.87. The van der Waals surface area contributed by atoms with Gasteiger partial charge in [-0.25, -0.2) is 4.90 Å². The van der Waals surface area contributed by atoms with E-state index in [1.807, 2.05) is 42.2 Å². The van der Waals surface area contributed by atoms with Gasteiger partial charge in [0, 0.05) is 6.20 Å². The molecule has 1 unspecified atom stereocenters. The largest absolute Gasteiger partial charge is 0.354 e. The number of aryl methyl sites for hydroxylation is 1. The molecule has 4 atom stereocenters. The number of hydrogen-bond donors (Lipinski definition) is 0. The molecule has 2 saturated heterocycles. The van der Waals surface area contributed by atoms with Crippen molar-refractivity contribution >= 4 is 17.5 Å². The Labute approximate surface area is 134 Å². The molecule has 5 nitrogen and oxygen atoms in total. The molecular weight excluding hydrogens is 290 g/mol. The van der Waals surface area contributed by atoms with E-state index in [1.165, 1.54) is 4.90 Å². The number of carbonyl (C=O) groups is 2. The second-order valence-electron chi connectivity index (χ2n) is 6.14. The van der Waals surface area contributed by atoms with Crippen LogP contribution in [0.2, 0.25) is 0 Å². The van der Waals surface area contributed by atoms with Gasteiger partial charge >= 0.3 is 0 Å². The van der Waals surface area contributed by atoms with E-state index < -0.39 is 17.9 Å². The van der Waals surface area contributed by atoms with Gasteiger partial charge in [0.25, 0.3) is 0 Å². The number of carbonyl (C=O) groups excluding carboxylic acids is 2. The second kappa shape index (κ2) is 4.82. The first kappa shape index (κ1) is 13.8. The van der Waals surface area contributed by atoms with Crippen LogP contribution in [0.4, 0.5) is 5.69 Å². The van der Waals surface area contributed by atoms with Crippen molar-refractivity contribution in [2.45, 2.75) is 19.0 Å². The van der Waals surface area contributed by atoms with E-state index in [0.29, 0.717) is 5.69 Å². The fourth-order valence-corrected chi connectivity index (χ4v) is 3.79. The van der Waals surface area contributed by atoms with Gasteiger partial charge < -0.3 is 4.90 Å². The Bertz CT molecular complexity index is 787. The lowest BCUT2D eigenvalue weighted by atomic mass is 9.89. The predicted molar refractivity (Wildman–Crippen MR) is 84.0 cm³/mol. The molecule has 0 spiro atoms. The van der Waals surface area contributed by atoms with Gasteiger partial charge in [-0.3, -0.25) is 9.59 Å². The molecular formula is C18H15N3O2. The van der Waals surface area contributed by atoms with Gasteiger partial charge in [0.2, 0.25) is 11.8 Å². The summed E-state index contributed by atoms with van der Waals surface area (Å²) in [5.41, 5.74) is 1.65. The third-order valence-electron chi connectivity index (χ3n) is 4.87. The van der Waals surface area contributed by atoms with Crippen LogP contribution < -0.4 is 4.90 Å². The van der Waals surface area contributed by atoms with E-state index in [-0.39, 0.29) is 17.9 Å². The number of nitriles is 1. The molecule has 0 bridgehead atoms. The minimum absolute atomic E-state index is 0.212. The summed E-state index contributed by atoms with van der Waals surface area (Å²) in [6.07, 6.45) is 7.39. The molecule has 2 amide bonds. The highest BCUT2D eigenvalue weighted by atomic mass is 16.2. The van der Waals surface area contributed by atoms with Crippen LogP contribution >= 0.6 is 0 Å². The maximum atomic E-state index is 12.9. The number of rotatable bonds is 1. The predicted octanol–water partition coefficient (Wildman–Crippen LogP) is 1.76. The van der Waals surface area contributed by atoms with Crippen molar-refractivity contribution in [1.82, 2.24) is 4.90 Å². The fraction of sp³-hybridized carbons (Fsp3) is 0.278. The van der Waals surface area contributed by atoms with Gasteiger partial charge in [0.05, 0.1) is 29.6 Å². The highest BCUT2D eigenvalue weighted by Crippen LogP contribution is 2.45. The van der Waals surface area contributed by atoms with Crippen molar-refractivity contribution < 1.29 is 9.59 Å². The average Bonchev–Trinajstić information content (AvgIpc) is 3.02. The summed E-state index contributed by atoms with van der Waals surface area (Å²) >= 11 is 0. The van der Waals surface area contributed by atoms with Crippen LogP contribution in [-0.4, -0.2) is 28.8 Å². The molecule has 0 aliphatic carbocycles. The number of benzene rings is 1. The lowest BCUT2D eigenvalue weighted by Gasteiger charge is -2.29.